The lowest BCUT2D eigenvalue weighted by Crippen LogP contribution is -1.91. The minimum atomic E-state index is 1.20. The van der Waals surface area contributed by atoms with Crippen LogP contribution in [0.25, 0.3) is 108 Å². The fraction of sp³-hybridized carbons (Fsp3) is 0. The molecule has 0 spiro atoms. The lowest BCUT2D eigenvalue weighted by molar-refractivity contribution is 1.60. The van der Waals surface area contributed by atoms with E-state index in [1.54, 1.807) is 0 Å². The van der Waals surface area contributed by atoms with Gasteiger partial charge in [-0.25, -0.2) is 0 Å². The van der Waals surface area contributed by atoms with Crippen molar-refractivity contribution in [2.24, 2.45) is 0 Å². The predicted molar refractivity (Wildman–Crippen MR) is 247 cm³/mol. The largest absolute Gasteiger partial charge is 0.134 e. The molecule has 0 saturated carbocycles. The summed E-state index contributed by atoms with van der Waals surface area (Å²) in [5, 5.41) is 7.65. The molecule has 0 saturated heterocycles. The second-order valence-electron chi connectivity index (χ2n) is 14.8. The van der Waals surface area contributed by atoms with E-state index in [9.17, 15) is 0 Å². The number of fused-ring (bicyclic) bond motifs is 5. The maximum atomic E-state index is 2.42. The standard InChI is InChI=1S/C56H36S/c1-5-17-37(18-6-1)45-29-16-30-49-52-36-44(35-50(56(52)57-55(45)49)38-19-7-2-8-20-38)42-26-15-25-41(33-42)43-31-32-48-51(34-43)54(40-23-11-4-12-24-40)47-28-14-13-27-46(47)53(48)39-21-9-3-10-22-39/h1-36H. The Balaban J connectivity index is 1.12. The van der Waals surface area contributed by atoms with E-state index in [0.29, 0.717) is 0 Å². The molecule has 0 aliphatic carbocycles. The summed E-state index contributed by atoms with van der Waals surface area (Å²) in [7, 11) is 0. The summed E-state index contributed by atoms with van der Waals surface area (Å²) in [6.07, 6.45) is 0. The van der Waals surface area contributed by atoms with Crippen LogP contribution in [0.4, 0.5) is 0 Å². The highest BCUT2D eigenvalue weighted by molar-refractivity contribution is 7.26. The van der Waals surface area contributed by atoms with Gasteiger partial charge in [0.15, 0.2) is 0 Å². The number of thiophene rings is 1. The molecule has 11 rings (SSSR count). The average molecular weight is 741 g/mol. The van der Waals surface area contributed by atoms with E-state index in [-0.39, 0.29) is 0 Å². The third kappa shape index (κ3) is 5.75. The van der Waals surface area contributed by atoms with Crippen LogP contribution in [0.3, 0.4) is 0 Å². The van der Waals surface area contributed by atoms with Gasteiger partial charge in [0.1, 0.15) is 0 Å². The quantitative estimate of drug-likeness (QED) is 0.149. The van der Waals surface area contributed by atoms with Gasteiger partial charge in [0, 0.05) is 25.7 Å². The van der Waals surface area contributed by atoms with Gasteiger partial charge in [-0.05, 0) is 107 Å². The van der Waals surface area contributed by atoms with Crippen molar-refractivity contribution in [1.82, 2.24) is 0 Å². The van der Waals surface area contributed by atoms with Crippen LogP contribution in [0.15, 0.2) is 218 Å². The maximum absolute atomic E-state index is 2.42. The first-order valence-electron chi connectivity index (χ1n) is 19.6. The van der Waals surface area contributed by atoms with E-state index in [1.807, 2.05) is 11.3 Å². The number of benzene rings is 10. The van der Waals surface area contributed by atoms with Gasteiger partial charge >= 0.3 is 0 Å². The van der Waals surface area contributed by atoms with Gasteiger partial charge in [-0.15, -0.1) is 11.3 Å². The van der Waals surface area contributed by atoms with Gasteiger partial charge < -0.3 is 0 Å². The van der Waals surface area contributed by atoms with Crippen molar-refractivity contribution in [2.75, 3.05) is 0 Å². The smallest absolute Gasteiger partial charge is 0.0434 e. The predicted octanol–water partition coefficient (Wildman–Crippen LogP) is 16.4. The van der Waals surface area contributed by atoms with Crippen molar-refractivity contribution in [3.8, 4) is 66.8 Å². The van der Waals surface area contributed by atoms with Gasteiger partial charge in [-0.3, -0.25) is 0 Å². The van der Waals surface area contributed by atoms with Crippen LogP contribution in [0.2, 0.25) is 0 Å². The third-order valence-corrected chi connectivity index (χ3v) is 12.7. The van der Waals surface area contributed by atoms with E-state index >= 15 is 0 Å². The van der Waals surface area contributed by atoms with Crippen molar-refractivity contribution in [1.29, 1.82) is 0 Å². The Bertz CT molecular complexity index is 3250. The van der Waals surface area contributed by atoms with Crippen molar-refractivity contribution >= 4 is 53.1 Å². The van der Waals surface area contributed by atoms with E-state index in [0.717, 1.165) is 0 Å². The van der Waals surface area contributed by atoms with Crippen LogP contribution in [0, 0.1) is 0 Å². The van der Waals surface area contributed by atoms with Crippen LogP contribution in [0.5, 0.6) is 0 Å². The lowest BCUT2D eigenvalue weighted by atomic mass is 9.84. The van der Waals surface area contributed by atoms with E-state index < -0.39 is 0 Å². The molecule has 57 heavy (non-hydrogen) atoms. The van der Waals surface area contributed by atoms with Crippen molar-refractivity contribution in [3.63, 3.8) is 0 Å². The summed E-state index contributed by atoms with van der Waals surface area (Å²) in [5.74, 6) is 0. The molecular formula is C56H36S. The highest BCUT2D eigenvalue weighted by Crippen LogP contribution is 2.47. The fourth-order valence-corrected chi connectivity index (χ4v) is 10.2. The summed E-state index contributed by atoms with van der Waals surface area (Å²) in [4.78, 5) is 0. The Morgan fingerprint density at radius 2 is 0.632 bits per heavy atom. The lowest BCUT2D eigenvalue weighted by Gasteiger charge is -2.19. The molecule has 0 atom stereocenters. The van der Waals surface area contributed by atoms with Crippen LogP contribution < -0.4 is 0 Å². The van der Waals surface area contributed by atoms with Crippen LogP contribution in [0.1, 0.15) is 0 Å². The molecule has 0 unspecified atom stereocenters. The summed E-state index contributed by atoms with van der Waals surface area (Å²) in [5.41, 5.74) is 14.9. The Morgan fingerprint density at radius 3 is 1.26 bits per heavy atom. The fourth-order valence-electron chi connectivity index (χ4n) is 8.81. The monoisotopic (exact) mass is 740 g/mol. The van der Waals surface area contributed by atoms with Crippen molar-refractivity contribution in [2.45, 2.75) is 0 Å². The summed E-state index contributed by atoms with van der Waals surface area (Å²) in [6.45, 7) is 0. The van der Waals surface area contributed by atoms with Gasteiger partial charge in [0.25, 0.3) is 0 Å². The molecule has 0 fully saturated rings. The highest BCUT2D eigenvalue weighted by Gasteiger charge is 2.19. The first-order chi connectivity index (χ1) is 28.3. The molecular weight excluding hydrogens is 705 g/mol. The molecule has 1 aromatic heterocycles. The average Bonchev–Trinajstić information content (AvgIpc) is 3.68. The molecule has 0 N–H and O–H groups in total. The van der Waals surface area contributed by atoms with E-state index in [4.69, 9.17) is 0 Å². The van der Waals surface area contributed by atoms with E-state index in [2.05, 4.69) is 218 Å². The number of hydrogen-bond acceptors (Lipinski definition) is 1. The minimum absolute atomic E-state index is 1.20. The normalized spacial score (nSPS) is 11.5. The molecule has 0 amide bonds. The summed E-state index contributed by atoms with van der Waals surface area (Å²) < 4.78 is 2.65. The molecule has 1 heteroatoms. The van der Waals surface area contributed by atoms with Gasteiger partial charge in [0.2, 0.25) is 0 Å². The second kappa shape index (κ2) is 13.9. The number of rotatable bonds is 6. The molecule has 1 heterocycles. The molecule has 10 aromatic carbocycles. The summed E-state index contributed by atoms with van der Waals surface area (Å²) in [6, 6.07) is 80.1. The first-order valence-corrected chi connectivity index (χ1v) is 20.4. The van der Waals surface area contributed by atoms with E-state index in [1.165, 1.54) is 108 Å². The minimum Gasteiger partial charge on any atom is -0.134 e. The SMILES string of the molecule is c1ccc(-c2c3ccccc3c(-c3ccccc3)c3cc(-c4cccc(-c5cc(-c6ccccc6)c6sc7c(-c8ccccc8)cccc7c6c5)c4)ccc23)cc1. The van der Waals surface area contributed by atoms with Crippen LogP contribution in [-0.2, 0) is 0 Å². The first kappa shape index (κ1) is 33.3. The molecule has 0 nitrogen and oxygen atoms in total. The van der Waals surface area contributed by atoms with Gasteiger partial charge in [-0.2, -0.15) is 0 Å². The van der Waals surface area contributed by atoms with Crippen molar-refractivity contribution in [3.05, 3.63) is 218 Å². The molecule has 0 aliphatic heterocycles. The van der Waals surface area contributed by atoms with Crippen LogP contribution >= 0.6 is 11.3 Å². The molecule has 0 aliphatic rings. The molecule has 0 bridgehead atoms. The van der Waals surface area contributed by atoms with Crippen molar-refractivity contribution < 1.29 is 0 Å². The van der Waals surface area contributed by atoms with Gasteiger partial charge in [0.05, 0.1) is 0 Å². The Hall–Kier alpha value is -7.06. The Kier molecular flexibility index (Phi) is 8.12. The highest BCUT2D eigenvalue weighted by atomic mass is 32.1. The molecule has 0 radical (unpaired) electrons. The third-order valence-electron chi connectivity index (χ3n) is 11.4. The van der Waals surface area contributed by atoms with Crippen LogP contribution in [-0.4, -0.2) is 0 Å². The summed E-state index contributed by atoms with van der Waals surface area (Å²) >= 11 is 1.91. The Morgan fingerprint density at radius 1 is 0.211 bits per heavy atom. The molecule has 266 valence electrons. The Labute approximate surface area is 336 Å². The van der Waals surface area contributed by atoms with Gasteiger partial charge in [-0.1, -0.05) is 194 Å². The number of hydrogen-bond donors (Lipinski definition) is 0. The zero-order valence-electron chi connectivity index (χ0n) is 31.2. The topological polar surface area (TPSA) is 0 Å². The second-order valence-corrected chi connectivity index (χ2v) is 15.8. The maximum Gasteiger partial charge on any atom is 0.0434 e. The molecule has 11 aromatic rings. The zero-order valence-corrected chi connectivity index (χ0v) is 32.0. The zero-order chi connectivity index (χ0) is 37.7.